The summed E-state index contributed by atoms with van der Waals surface area (Å²) in [6.45, 7) is 8.76. The number of fused-ring (bicyclic) bond motifs is 1. The number of thiazole rings is 1. The highest BCUT2D eigenvalue weighted by Crippen LogP contribution is 2.36. The molecule has 0 saturated carbocycles. The van der Waals surface area contributed by atoms with E-state index in [0.29, 0.717) is 43.4 Å². The Balaban J connectivity index is 1.95. The van der Waals surface area contributed by atoms with Gasteiger partial charge in [0, 0.05) is 12.5 Å². The molecular weight excluding hydrogens is 520 g/mol. The second kappa shape index (κ2) is 11.7. The van der Waals surface area contributed by atoms with Crippen molar-refractivity contribution in [1.82, 2.24) is 4.57 Å². The first-order valence-electron chi connectivity index (χ1n) is 12.5. The topological polar surface area (TPSA) is 105 Å². The van der Waals surface area contributed by atoms with E-state index in [9.17, 15) is 14.4 Å². The number of hydrogen-bond acceptors (Lipinski definition) is 9. The SMILES string of the molecule is CCOC(=O)C1=C(C)N=c2s/c(=C/c3ccccc3OC(C)=O)c(=O)n2[C@@H]1c1ccc(OC(C)C)c(OC)c1. The molecule has 9 nitrogen and oxygen atoms in total. The Morgan fingerprint density at radius 1 is 1.13 bits per heavy atom. The molecule has 1 aliphatic heterocycles. The maximum absolute atomic E-state index is 13.9. The molecule has 0 fully saturated rings. The predicted octanol–water partition coefficient (Wildman–Crippen LogP) is 3.52. The monoisotopic (exact) mass is 550 g/mol. The predicted molar refractivity (Wildman–Crippen MR) is 147 cm³/mol. The minimum Gasteiger partial charge on any atom is -0.493 e. The van der Waals surface area contributed by atoms with Crippen molar-refractivity contribution in [2.24, 2.45) is 4.99 Å². The molecule has 0 aliphatic carbocycles. The van der Waals surface area contributed by atoms with E-state index >= 15 is 0 Å². The number of carbonyl (C=O) groups excluding carboxylic acids is 2. The Hall–Kier alpha value is -4.18. The molecule has 2 aromatic carbocycles. The first-order chi connectivity index (χ1) is 18.6. The highest BCUT2D eigenvalue weighted by molar-refractivity contribution is 7.07. The van der Waals surface area contributed by atoms with Crippen LogP contribution in [0.1, 0.15) is 51.8 Å². The van der Waals surface area contributed by atoms with Crippen LogP contribution in [0.4, 0.5) is 0 Å². The van der Waals surface area contributed by atoms with Gasteiger partial charge in [0.25, 0.3) is 5.56 Å². The van der Waals surface area contributed by atoms with E-state index in [1.807, 2.05) is 13.8 Å². The molecule has 0 unspecified atom stereocenters. The zero-order chi connectivity index (χ0) is 28.3. The number of rotatable bonds is 8. The lowest BCUT2D eigenvalue weighted by atomic mass is 9.95. The molecule has 204 valence electrons. The number of carbonyl (C=O) groups is 2. The molecule has 1 atom stereocenters. The summed E-state index contributed by atoms with van der Waals surface area (Å²) in [4.78, 5) is 43.6. The zero-order valence-electron chi connectivity index (χ0n) is 22.6. The largest absolute Gasteiger partial charge is 0.493 e. The Morgan fingerprint density at radius 2 is 1.87 bits per heavy atom. The van der Waals surface area contributed by atoms with Gasteiger partial charge in [0.1, 0.15) is 5.75 Å². The summed E-state index contributed by atoms with van der Waals surface area (Å²) in [5.74, 6) is 0.326. The maximum Gasteiger partial charge on any atom is 0.338 e. The summed E-state index contributed by atoms with van der Waals surface area (Å²) in [6.07, 6.45) is 1.58. The van der Waals surface area contributed by atoms with Gasteiger partial charge in [-0.05, 0) is 57.5 Å². The quantitative estimate of drug-likeness (QED) is 0.312. The fourth-order valence-corrected chi connectivity index (χ4v) is 5.34. The first-order valence-corrected chi connectivity index (χ1v) is 13.3. The van der Waals surface area contributed by atoms with Crippen LogP contribution in [0.25, 0.3) is 6.08 Å². The third-order valence-corrected chi connectivity index (χ3v) is 6.83. The van der Waals surface area contributed by atoms with Crippen molar-refractivity contribution in [3.8, 4) is 17.2 Å². The number of nitrogens with zero attached hydrogens (tertiary/aromatic N) is 2. The molecule has 4 rings (SSSR count). The molecule has 0 bridgehead atoms. The minimum absolute atomic E-state index is 0.0745. The van der Waals surface area contributed by atoms with Crippen molar-refractivity contribution in [3.05, 3.63) is 84.5 Å². The van der Waals surface area contributed by atoms with E-state index in [0.717, 1.165) is 0 Å². The number of benzene rings is 2. The normalized spacial score (nSPS) is 15.1. The van der Waals surface area contributed by atoms with Gasteiger partial charge in [0.15, 0.2) is 16.3 Å². The second-order valence-electron chi connectivity index (χ2n) is 9.01. The van der Waals surface area contributed by atoms with E-state index < -0.39 is 18.0 Å². The smallest absolute Gasteiger partial charge is 0.338 e. The standard InChI is InChI=1S/C29H30N2O7S/c1-7-36-28(34)25-17(4)30-29-31(26(25)20-12-13-22(37-16(2)3)23(14-20)35-6)27(33)24(39-29)15-19-10-8-9-11-21(19)38-18(5)32/h8-16,26H,7H2,1-6H3/b24-15+/t26-/m1/s1. The lowest BCUT2D eigenvalue weighted by Gasteiger charge is -2.25. The molecule has 1 aromatic heterocycles. The van der Waals surface area contributed by atoms with Gasteiger partial charge >= 0.3 is 11.9 Å². The molecule has 1 aliphatic rings. The third kappa shape index (κ3) is 5.80. The van der Waals surface area contributed by atoms with Crippen LogP contribution in [0.15, 0.2) is 63.5 Å². The fourth-order valence-electron chi connectivity index (χ4n) is 4.30. The highest BCUT2D eigenvalue weighted by Gasteiger charge is 2.34. The molecule has 0 spiro atoms. The number of hydrogen-bond donors (Lipinski definition) is 0. The number of aromatic nitrogens is 1. The Morgan fingerprint density at radius 3 is 2.54 bits per heavy atom. The minimum atomic E-state index is -0.812. The van der Waals surface area contributed by atoms with Gasteiger partial charge < -0.3 is 18.9 Å². The highest BCUT2D eigenvalue weighted by atomic mass is 32.1. The number of allylic oxidation sites excluding steroid dienone is 1. The maximum atomic E-state index is 13.9. The van der Waals surface area contributed by atoms with Crippen LogP contribution in [0, 0.1) is 0 Å². The van der Waals surface area contributed by atoms with Crippen LogP contribution in [0.2, 0.25) is 0 Å². The van der Waals surface area contributed by atoms with Crippen molar-refractivity contribution in [2.45, 2.75) is 46.8 Å². The molecule has 10 heteroatoms. The van der Waals surface area contributed by atoms with Crippen molar-refractivity contribution in [2.75, 3.05) is 13.7 Å². The average Bonchev–Trinajstić information content (AvgIpc) is 3.18. The Kier molecular flexibility index (Phi) is 8.35. The van der Waals surface area contributed by atoms with E-state index in [1.165, 1.54) is 29.9 Å². The van der Waals surface area contributed by atoms with Crippen LogP contribution in [0.3, 0.4) is 0 Å². The van der Waals surface area contributed by atoms with Gasteiger partial charge in [-0.1, -0.05) is 35.6 Å². The molecule has 0 radical (unpaired) electrons. The summed E-state index contributed by atoms with van der Waals surface area (Å²) in [7, 11) is 1.53. The van der Waals surface area contributed by atoms with Gasteiger partial charge in [-0.2, -0.15) is 0 Å². The molecule has 3 aromatic rings. The average molecular weight is 551 g/mol. The summed E-state index contributed by atoms with van der Waals surface area (Å²) < 4.78 is 24.0. The summed E-state index contributed by atoms with van der Waals surface area (Å²) in [5.41, 5.74) is 1.56. The van der Waals surface area contributed by atoms with Crippen LogP contribution in [0.5, 0.6) is 17.2 Å². The van der Waals surface area contributed by atoms with Gasteiger partial charge in [-0.15, -0.1) is 0 Å². The van der Waals surface area contributed by atoms with E-state index in [1.54, 1.807) is 62.4 Å². The number of methoxy groups -OCH3 is 1. The first kappa shape index (κ1) is 27.8. The number of para-hydroxylation sites is 1. The molecule has 0 N–H and O–H groups in total. The molecular formula is C29H30N2O7S. The third-order valence-electron chi connectivity index (χ3n) is 5.84. The zero-order valence-corrected chi connectivity index (χ0v) is 23.5. The van der Waals surface area contributed by atoms with Crippen LogP contribution in [-0.4, -0.2) is 36.3 Å². The van der Waals surface area contributed by atoms with E-state index in [-0.39, 0.29) is 23.8 Å². The number of ether oxygens (including phenoxy) is 4. The second-order valence-corrected chi connectivity index (χ2v) is 10.0. The van der Waals surface area contributed by atoms with E-state index in [4.69, 9.17) is 18.9 Å². The molecule has 0 amide bonds. The molecule has 39 heavy (non-hydrogen) atoms. The lowest BCUT2D eigenvalue weighted by Crippen LogP contribution is -2.40. The Labute approximate surface area is 229 Å². The molecule has 0 saturated heterocycles. The Bertz CT molecular complexity index is 1630. The van der Waals surface area contributed by atoms with Gasteiger partial charge in [0.2, 0.25) is 0 Å². The van der Waals surface area contributed by atoms with E-state index in [2.05, 4.69) is 4.99 Å². The van der Waals surface area contributed by atoms with Crippen LogP contribution < -0.4 is 29.1 Å². The summed E-state index contributed by atoms with van der Waals surface area (Å²) in [5, 5.41) is 0. The van der Waals surface area contributed by atoms with Gasteiger partial charge in [-0.25, -0.2) is 9.79 Å². The van der Waals surface area contributed by atoms with Crippen molar-refractivity contribution >= 4 is 29.4 Å². The van der Waals surface area contributed by atoms with Crippen molar-refractivity contribution < 1.29 is 28.5 Å². The molecule has 2 heterocycles. The van der Waals surface area contributed by atoms with Gasteiger partial charge in [0.05, 0.1) is 41.7 Å². The number of esters is 2. The van der Waals surface area contributed by atoms with Crippen LogP contribution >= 0.6 is 11.3 Å². The lowest BCUT2D eigenvalue weighted by molar-refractivity contribution is -0.139. The van der Waals surface area contributed by atoms with Crippen molar-refractivity contribution in [1.29, 1.82) is 0 Å². The summed E-state index contributed by atoms with van der Waals surface area (Å²) in [6, 6.07) is 11.4. The fraction of sp³-hybridized carbons (Fsp3) is 0.310. The van der Waals surface area contributed by atoms with Gasteiger partial charge in [-0.3, -0.25) is 14.2 Å². The van der Waals surface area contributed by atoms with Crippen LogP contribution in [-0.2, 0) is 14.3 Å². The summed E-state index contributed by atoms with van der Waals surface area (Å²) >= 11 is 1.18. The van der Waals surface area contributed by atoms with Crippen molar-refractivity contribution in [3.63, 3.8) is 0 Å².